The van der Waals surface area contributed by atoms with Gasteiger partial charge < -0.3 is 10.6 Å². The van der Waals surface area contributed by atoms with Crippen LogP contribution in [0.1, 0.15) is 12.1 Å². The molecule has 3 nitrogen and oxygen atoms in total. The monoisotopic (exact) mass is 263 g/mol. The predicted molar refractivity (Wildman–Crippen MR) is 64.1 cm³/mol. The molecule has 0 aliphatic rings. The van der Waals surface area contributed by atoms with Gasteiger partial charge in [-0.1, -0.05) is 12.2 Å². The number of anilines is 1. The highest BCUT2D eigenvalue weighted by Crippen LogP contribution is 2.22. The van der Waals surface area contributed by atoms with Crippen LogP contribution in [0.25, 0.3) is 0 Å². The first-order valence-corrected chi connectivity index (χ1v) is 5.25. The number of alkyl halides is 3. The van der Waals surface area contributed by atoms with Crippen molar-refractivity contribution in [2.24, 2.45) is 5.73 Å². The zero-order chi connectivity index (χ0) is 13.1. The third kappa shape index (κ3) is 4.18. The Balaban J connectivity index is 2.82. The van der Waals surface area contributed by atoms with Crippen LogP contribution >= 0.6 is 12.2 Å². The number of rotatable bonds is 4. The van der Waals surface area contributed by atoms with E-state index in [0.29, 0.717) is 11.4 Å². The third-order valence-corrected chi connectivity index (χ3v) is 2.36. The fourth-order valence-electron chi connectivity index (χ4n) is 1.31. The number of halogens is 3. The Morgan fingerprint density at radius 1 is 1.53 bits per heavy atom. The maximum Gasteiger partial charge on any atom is 0.390 e. The molecule has 0 unspecified atom stereocenters. The minimum absolute atomic E-state index is 0.0689. The van der Waals surface area contributed by atoms with Crippen LogP contribution in [0.5, 0.6) is 0 Å². The molecule has 0 saturated carbocycles. The third-order valence-electron chi connectivity index (χ3n) is 2.16. The fourth-order valence-corrected chi connectivity index (χ4v) is 1.47. The molecule has 0 fully saturated rings. The number of hydrogen-bond donors (Lipinski definition) is 1. The molecule has 1 heterocycles. The van der Waals surface area contributed by atoms with E-state index in [9.17, 15) is 13.2 Å². The number of thiocarbonyl (C=S) groups is 1. The van der Waals surface area contributed by atoms with E-state index in [1.165, 1.54) is 11.1 Å². The molecular formula is C10H12F3N3S. The van der Waals surface area contributed by atoms with Gasteiger partial charge in [0.25, 0.3) is 0 Å². The van der Waals surface area contributed by atoms with Crippen LogP contribution in [0, 0.1) is 0 Å². The van der Waals surface area contributed by atoms with E-state index in [1.807, 2.05) is 0 Å². The van der Waals surface area contributed by atoms with Gasteiger partial charge in [-0.3, -0.25) is 4.98 Å². The molecule has 1 aromatic rings. The summed E-state index contributed by atoms with van der Waals surface area (Å²) >= 11 is 4.79. The van der Waals surface area contributed by atoms with Crippen LogP contribution < -0.4 is 10.6 Å². The molecule has 0 saturated heterocycles. The van der Waals surface area contributed by atoms with Crippen molar-refractivity contribution in [3.63, 3.8) is 0 Å². The zero-order valence-electron chi connectivity index (χ0n) is 9.16. The average molecular weight is 263 g/mol. The lowest BCUT2D eigenvalue weighted by Gasteiger charge is -2.21. The second-order valence-corrected chi connectivity index (χ2v) is 3.96. The van der Waals surface area contributed by atoms with Gasteiger partial charge in [-0.05, 0) is 12.1 Å². The van der Waals surface area contributed by atoms with Crippen LogP contribution in [-0.2, 0) is 0 Å². The maximum absolute atomic E-state index is 12.1. The van der Waals surface area contributed by atoms with Crippen LogP contribution in [0.3, 0.4) is 0 Å². The summed E-state index contributed by atoms with van der Waals surface area (Å²) in [5, 5.41) is 0. The number of nitrogens with two attached hydrogens (primary N) is 1. The van der Waals surface area contributed by atoms with Gasteiger partial charge in [0.15, 0.2) is 0 Å². The van der Waals surface area contributed by atoms with E-state index >= 15 is 0 Å². The lowest BCUT2D eigenvalue weighted by molar-refractivity contribution is -0.132. The summed E-state index contributed by atoms with van der Waals surface area (Å²) in [5.41, 5.74) is 6.30. The van der Waals surface area contributed by atoms with Crippen molar-refractivity contribution >= 4 is 22.9 Å². The SMILES string of the molecule is CN(CCC(F)(F)F)c1cccnc1C(N)=S. The van der Waals surface area contributed by atoms with Crippen LogP contribution in [0.2, 0.25) is 0 Å². The molecule has 0 aromatic carbocycles. The van der Waals surface area contributed by atoms with E-state index in [-0.39, 0.29) is 11.5 Å². The van der Waals surface area contributed by atoms with Crippen molar-refractivity contribution in [2.45, 2.75) is 12.6 Å². The first kappa shape index (κ1) is 13.7. The molecule has 94 valence electrons. The molecule has 0 aliphatic heterocycles. The normalized spacial score (nSPS) is 11.3. The number of hydrogen-bond acceptors (Lipinski definition) is 3. The maximum atomic E-state index is 12.1. The average Bonchev–Trinajstić information content (AvgIpc) is 2.25. The Bertz CT molecular complexity index is 406. The van der Waals surface area contributed by atoms with Crippen molar-refractivity contribution in [3.05, 3.63) is 24.0 Å². The zero-order valence-corrected chi connectivity index (χ0v) is 9.98. The molecule has 0 atom stereocenters. The van der Waals surface area contributed by atoms with E-state index in [0.717, 1.165) is 0 Å². The van der Waals surface area contributed by atoms with Crippen molar-refractivity contribution in [1.82, 2.24) is 4.98 Å². The lowest BCUT2D eigenvalue weighted by Crippen LogP contribution is -2.27. The summed E-state index contributed by atoms with van der Waals surface area (Å²) in [6, 6.07) is 3.26. The van der Waals surface area contributed by atoms with Gasteiger partial charge in [-0.15, -0.1) is 0 Å². The van der Waals surface area contributed by atoms with Crippen molar-refractivity contribution in [1.29, 1.82) is 0 Å². The molecule has 1 rings (SSSR count). The highest BCUT2D eigenvalue weighted by molar-refractivity contribution is 7.80. The highest BCUT2D eigenvalue weighted by atomic mass is 32.1. The molecule has 2 N–H and O–H groups in total. The Kier molecular flexibility index (Phi) is 4.28. The fraction of sp³-hybridized carbons (Fsp3) is 0.400. The summed E-state index contributed by atoms with van der Waals surface area (Å²) in [6.07, 6.45) is -3.58. The molecule has 0 radical (unpaired) electrons. The Labute approximate surface area is 102 Å². The lowest BCUT2D eigenvalue weighted by atomic mass is 10.2. The van der Waals surface area contributed by atoms with Gasteiger partial charge in [-0.2, -0.15) is 13.2 Å². The van der Waals surface area contributed by atoms with Gasteiger partial charge in [-0.25, -0.2) is 0 Å². The minimum atomic E-state index is -4.18. The summed E-state index contributed by atoms with van der Waals surface area (Å²) < 4.78 is 36.3. The van der Waals surface area contributed by atoms with Crippen molar-refractivity contribution in [2.75, 3.05) is 18.5 Å². The Morgan fingerprint density at radius 3 is 2.71 bits per heavy atom. The quantitative estimate of drug-likeness (QED) is 0.845. The van der Waals surface area contributed by atoms with E-state index < -0.39 is 12.6 Å². The standard InChI is InChI=1S/C10H12F3N3S/c1-16(6-4-10(11,12)13)7-3-2-5-15-8(7)9(14)17/h2-3,5H,4,6H2,1H3,(H2,14,17). The number of nitrogens with zero attached hydrogens (tertiary/aromatic N) is 2. The molecule has 7 heteroatoms. The second kappa shape index (κ2) is 5.31. The van der Waals surface area contributed by atoms with E-state index in [4.69, 9.17) is 18.0 Å². The van der Waals surface area contributed by atoms with Crippen LogP contribution in [-0.4, -0.2) is 29.7 Å². The molecule has 1 aromatic heterocycles. The first-order valence-electron chi connectivity index (χ1n) is 4.84. The second-order valence-electron chi connectivity index (χ2n) is 3.52. The number of aromatic nitrogens is 1. The Morgan fingerprint density at radius 2 is 2.18 bits per heavy atom. The van der Waals surface area contributed by atoms with Gasteiger partial charge in [0, 0.05) is 19.8 Å². The van der Waals surface area contributed by atoms with Crippen LogP contribution in [0.15, 0.2) is 18.3 Å². The predicted octanol–water partition coefficient (Wildman–Crippen LogP) is 2.10. The smallest absolute Gasteiger partial charge is 0.388 e. The molecule has 0 amide bonds. The first-order chi connectivity index (χ1) is 7.81. The summed E-state index contributed by atoms with van der Waals surface area (Å²) in [7, 11) is 1.55. The van der Waals surface area contributed by atoms with Crippen LogP contribution in [0.4, 0.5) is 18.9 Å². The molecular weight excluding hydrogens is 251 g/mol. The van der Waals surface area contributed by atoms with Gasteiger partial charge in [0.1, 0.15) is 10.7 Å². The van der Waals surface area contributed by atoms with Gasteiger partial charge >= 0.3 is 6.18 Å². The van der Waals surface area contributed by atoms with E-state index in [2.05, 4.69) is 4.98 Å². The molecule has 0 spiro atoms. The highest BCUT2D eigenvalue weighted by Gasteiger charge is 2.27. The summed E-state index contributed by atoms with van der Waals surface area (Å²) in [4.78, 5) is 5.46. The van der Waals surface area contributed by atoms with E-state index in [1.54, 1.807) is 19.2 Å². The number of pyridine rings is 1. The van der Waals surface area contributed by atoms with Gasteiger partial charge in [0.2, 0.25) is 0 Å². The minimum Gasteiger partial charge on any atom is -0.388 e. The summed E-state index contributed by atoms with van der Waals surface area (Å²) in [6.45, 7) is -0.162. The Hall–Kier alpha value is -1.37. The molecule has 0 bridgehead atoms. The summed E-state index contributed by atoms with van der Waals surface area (Å²) in [5.74, 6) is 0. The molecule has 17 heavy (non-hydrogen) atoms. The van der Waals surface area contributed by atoms with Crippen molar-refractivity contribution < 1.29 is 13.2 Å². The topological polar surface area (TPSA) is 42.2 Å². The van der Waals surface area contributed by atoms with Crippen molar-refractivity contribution in [3.8, 4) is 0 Å². The largest absolute Gasteiger partial charge is 0.390 e. The molecule has 0 aliphatic carbocycles. The van der Waals surface area contributed by atoms with Gasteiger partial charge in [0.05, 0.1) is 12.1 Å².